The zero-order chi connectivity index (χ0) is 12.4. The highest BCUT2D eigenvalue weighted by molar-refractivity contribution is 5.29. The van der Waals surface area contributed by atoms with E-state index in [1.807, 2.05) is 0 Å². The van der Waals surface area contributed by atoms with E-state index in [9.17, 15) is 0 Å². The first kappa shape index (κ1) is 12.0. The van der Waals surface area contributed by atoms with Gasteiger partial charge in [0.2, 0.25) is 5.89 Å². The molecule has 100 valence electrons. The Bertz CT molecular complexity index is 389. The Labute approximate surface area is 108 Å². The van der Waals surface area contributed by atoms with Gasteiger partial charge in [-0.05, 0) is 30.8 Å². The molecule has 0 unspecified atom stereocenters. The Morgan fingerprint density at radius 2 is 1.67 bits per heavy atom. The van der Waals surface area contributed by atoms with Crippen LogP contribution in [0, 0.1) is 0 Å². The van der Waals surface area contributed by atoms with Gasteiger partial charge in [-0.2, -0.15) is 4.98 Å². The third-order valence-electron chi connectivity index (χ3n) is 4.23. The van der Waals surface area contributed by atoms with Crippen LogP contribution in [0.3, 0.4) is 0 Å². The molecule has 0 radical (unpaired) electrons. The standard InChI is InChI=1S/C13H22N4O/c14-13(7-3-1-2-4-8-13)11-15-12(16-18-11)17-9-5-6-10-17/h1-10,14H2. The SMILES string of the molecule is NC1(c2nc(N3CCCC3)no2)CCCCCC1. The molecule has 1 saturated carbocycles. The maximum atomic E-state index is 6.48. The van der Waals surface area contributed by atoms with Crippen molar-refractivity contribution in [3.05, 3.63) is 5.89 Å². The predicted octanol–water partition coefficient (Wildman–Crippen LogP) is 2.18. The number of nitrogens with two attached hydrogens (primary N) is 1. The second-order valence-electron chi connectivity index (χ2n) is 5.66. The molecule has 0 spiro atoms. The molecule has 1 aromatic heterocycles. The minimum absolute atomic E-state index is 0.387. The first-order valence-corrected chi connectivity index (χ1v) is 7.16. The number of anilines is 1. The normalized spacial score (nSPS) is 24.2. The third kappa shape index (κ3) is 2.23. The molecule has 2 fully saturated rings. The summed E-state index contributed by atoms with van der Waals surface area (Å²) in [5, 5.41) is 4.11. The lowest BCUT2D eigenvalue weighted by atomic mass is 9.91. The second-order valence-corrected chi connectivity index (χ2v) is 5.66. The van der Waals surface area contributed by atoms with Crippen molar-refractivity contribution < 1.29 is 4.52 Å². The van der Waals surface area contributed by atoms with Crippen LogP contribution in [-0.4, -0.2) is 23.2 Å². The summed E-state index contributed by atoms with van der Waals surface area (Å²) in [4.78, 5) is 6.74. The van der Waals surface area contributed by atoms with Crippen LogP contribution in [0.4, 0.5) is 5.95 Å². The highest BCUT2D eigenvalue weighted by Gasteiger charge is 2.34. The van der Waals surface area contributed by atoms with Gasteiger partial charge < -0.3 is 15.2 Å². The lowest BCUT2D eigenvalue weighted by Crippen LogP contribution is -2.36. The summed E-state index contributed by atoms with van der Waals surface area (Å²) in [7, 11) is 0. The van der Waals surface area contributed by atoms with Gasteiger partial charge in [0, 0.05) is 13.1 Å². The van der Waals surface area contributed by atoms with Crippen molar-refractivity contribution in [1.82, 2.24) is 10.1 Å². The largest absolute Gasteiger partial charge is 0.338 e. The average molecular weight is 250 g/mol. The molecule has 5 heteroatoms. The van der Waals surface area contributed by atoms with Gasteiger partial charge >= 0.3 is 0 Å². The molecule has 1 aromatic rings. The quantitative estimate of drug-likeness (QED) is 0.815. The molecular formula is C13H22N4O. The van der Waals surface area contributed by atoms with Gasteiger partial charge in [-0.3, -0.25) is 0 Å². The maximum Gasteiger partial charge on any atom is 0.266 e. The minimum atomic E-state index is -0.387. The van der Waals surface area contributed by atoms with E-state index in [1.54, 1.807) is 0 Å². The molecule has 2 aliphatic rings. The van der Waals surface area contributed by atoms with Crippen molar-refractivity contribution in [3.63, 3.8) is 0 Å². The Morgan fingerprint density at radius 3 is 2.33 bits per heavy atom. The molecule has 2 heterocycles. The summed E-state index contributed by atoms with van der Waals surface area (Å²) < 4.78 is 5.45. The number of hydrogen-bond acceptors (Lipinski definition) is 5. The van der Waals surface area contributed by atoms with E-state index in [4.69, 9.17) is 10.3 Å². The monoisotopic (exact) mass is 250 g/mol. The molecule has 0 atom stereocenters. The average Bonchev–Trinajstić information content (AvgIpc) is 3.00. The van der Waals surface area contributed by atoms with E-state index >= 15 is 0 Å². The van der Waals surface area contributed by atoms with Crippen LogP contribution in [0.15, 0.2) is 4.52 Å². The van der Waals surface area contributed by atoms with Gasteiger partial charge in [0.15, 0.2) is 0 Å². The lowest BCUT2D eigenvalue weighted by Gasteiger charge is -2.22. The number of hydrogen-bond donors (Lipinski definition) is 1. The molecule has 1 aliphatic carbocycles. The Kier molecular flexibility index (Phi) is 3.24. The molecule has 3 rings (SSSR count). The number of aromatic nitrogens is 2. The fourth-order valence-electron chi connectivity index (χ4n) is 3.04. The van der Waals surface area contributed by atoms with Crippen LogP contribution < -0.4 is 10.6 Å². The van der Waals surface area contributed by atoms with E-state index in [1.165, 1.54) is 25.7 Å². The number of rotatable bonds is 2. The van der Waals surface area contributed by atoms with Gasteiger partial charge in [-0.15, -0.1) is 0 Å². The number of nitrogens with zero attached hydrogens (tertiary/aromatic N) is 3. The van der Waals surface area contributed by atoms with Gasteiger partial charge in [0.1, 0.15) is 0 Å². The van der Waals surface area contributed by atoms with Gasteiger partial charge in [0.05, 0.1) is 5.54 Å². The molecule has 2 N–H and O–H groups in total. The van der Waals surface area contributed by atoms with Crippen LogP contribution in [0.25, 0.3) is 0 Å². The van der Waals surface area contributed by atoms with Crippen LogP contribution in [0.5, 0.6) is 0 Å². The predicted molar refractivity (Wildman–Crippen MR) is 69.3 cm³/mol. The van der Waals surface area contributed by atoms with Crippen LogP contribution in [0.1, 0.15) is 57.3 Å². The summed E-state index contributed by atoms with van der Waals surface area (Å²) >= 11 is 0. The van der Waals surface area contributed by atoms with Crippen LogP contribution in [-0.2, 0) is 5.54 Å². The molecule has 1 aliphatic heterocycles. The first-order chi connectivity index (χ1) is 8.78. The summed E-state index contributed by atoms with van der Waals surface area (Å²) in [5.74, 6) is 1.38. The summed E-state index contributed by atoms with van der Waals surface area (Å²) in [5.41, 5.74) is 6.09. The lowest BCUT2D eigenvalue weighted by molar-refractivity contribution is 0.257. The van der Waals surface area contributed by atoms with E-state index in [-0.39, 0.29) is 5.54 Å². The summed E-state index contributed by atoms with van der Waals surface area (Å²) in [6.45, 7) is 2.08. The zero-order valence-corrected chi connectivity index (χ0v) is 10.9. The van der Waals surface area contributed by atoms with Crippen molar-refractivity contribution in [2.45, 2.75) is 56.9 Å². The first-order valence-electron chi connectivity index (χ1n) is 7.16. The van der Waals surface area contributed by atoms with E-state index in [0.29, 0.717) is 5.89 Å². The second kappa shape index (κ2) is 4.88. The van der Waals surface area contributed by atoms with E-state index in [0.717, 1.165) is 44.7 Å². The molecular weight excluding hydrogens is 228 g/mol. The zero-order valence-electron chi connectivity index (χ0n) is 10.9. The van der Waals surface area contributed by atoms with Gasteiger partial charge in [-0.25, -0.2) is 0 Å². The molecule has 5 nitrogen and oxygen atoms in total. The Hall–Kier alpha value is -1.10. The van der Waals surface area contributed by atoms with Crippen molar-refractivity contribution in [1.29, 1.82) is 0 Å². The van der Waals surface area contributed by atoms with Crippen LogP contribution in [0.2, 0.25) is 0 Å². The maximum absolute atomic E-state index is 6.48. The molecule has 0 bridgehead atoms. The highest BCUT2D eigenvalue weighted by atomic mass is 16.5. The van der Waals surface area contributed by atoms with Gasteiger partial charge in [0.25, 0.3) is 5.95 Å². The smallest absolute Gasteiger partial charge is 0.266 e. The molecule has 0 aromatic carbocycles. The molecule has 1 saturated heterocycles. The van der Waals surface area contributed by atoms with Crippen LogP contribution >= 0.6 is 0 Å². The summed E-state index contributed by atoms with van der Waals surface area (Å²) in [6.07, 6.45) is 9.24. The fourth-order valence-corrected chi connectivity index (χ4v) is 3.04. The highest BCUT2D eigenvalue weighted by Crippen LogP contribution is 2.33. The van der Waals surface area contributed by atoms with Crippen molar-refractivity contribution >= 4 is 5.95 Å². The Balaban J connectivity index is 1.78. The minimum Gasteiger partial charge on any atom is -0.338 e. The topological polar surface area (TPSA) is 68.2 Å². The van der Waals surface area contributed by atoms with Crippen molar-refractivity contribution in [2.75, 3.05) is 18.0 Å². The Morgan fingerprint density at radius 1 is 1.00 bits per heavy atom. The van der Waals surface area contributed by atoms with E-state index in [2.05, 4.69) is 15.0 Å². The third-order valence-corrected chi connectivity index (χ3v) is 4.23. The molecule has 0 amide bonds. The fraction of sp³-hybridized carbons (Fsp3) is 0.846. The van der Waals surface area contributed by atoms with Crippen molar-refractivity contribution in [2.24, 2.45) is 5.73 Å². The summed E-state index contributed by atoms with van der Waals surface area (Å²) in [6, 6.07) is 0. The van der Waals surface area contributed by atoms with Crippen molar-refractivity contribution in [3.8, 4) is 0 Å². The van der Waals surface area contributed by atoms with Gasteiger partial charge in [-0.1, -0.05) is 25.7 Å². The van der Waals surface area contributed by atoms with E-state index < -0.39 is 0 Å². The molecule has 18 heavy (non-hydrogen) atoms.